The van der Waals surface area contributed by atoms with E-state index < -0.39 is 10.0 Å². The number of carbonyl (C=O) groups is 1. The van der Waals surface area contributed by atoms with Crippen LogP contribution in [0.2, 0.25) is 0 Å². The van der Waals surface area contributed by atoms with Gasteiger partial charge in [0.1, 0.15) is 5.75 Å². The van der Waals surface area contributed by atoms with Crippen LogP contribution in [0.1, 0.15) is 23.7 Å². The van der Waals surface area contributed by atoms with Crippen molar-refractivity contribution in [3.63, 3.8) is 0 Å². The van der Waals surface area contributed by atoms with Gasteiger partial charge >= 0.3 is 0 Å². The minimum atomic E-state index is -3.74. The molecule has 146 valence electrons. The first kappa shape index (κ1) is 20.7. The predicted molar refractivity (Wildman–Crippen MR) is 106 cm³/mol. The largest absolute Gasteiger partial charge is 0.494 e. The van der Waals surface area contributed by atoms with Crippen molar-refractivity contribution < 1.29 is 17.9 Å². The molecule has 2 aromatic rings. The van der Waals surface area contributed by atoms with Crippen LogP contribution in [-0.2, 0) is 10.0 Å². The molecule has 0 aliphatic carbocycles. The maximum Gasteiger partial charge on any atom is 0.261 e. The fraction of sp³-hybridized carbons (Fsp3) is 0.316. The lowest BCUT2D eigenvalue weighted by Crippen LogP contribution is -2.26. The summed E-state index contributed by atoms with van der Waals surface area (Å²) in [6.45, 7) is 3.79. The van der Waals surface area contributed by atoms with Gasteiger partial charge in [-0.05, 0) is 75.5 Å². The monoisotopic (exact) mass is 391 g/mol. The molecule has 0 heterocycles. The summed E-state index contributed by atoms with van der Waals surface area (Å²) < 4.78 is 32.8. The number of hydrogen-bond acceptors (Lipinski definition) is 5. The van der Waals surface area contributed by atoms with Crippen molar-refractivity contribution in [2.75, 3.05) is 31.5 Å². The minimum Gasteiger partial charge on any atom is -0.494 e. The molecule has 3 N–H and O–H groups in total. The Balaban J connectivity index is 2.00. The molecule has 0 aromatic heterocycles. The second-order valence-electron chi connectivity index (χ2n) is 5.80. The quantitative estimate of drug-likeness (QED) is 0.540. The average Bonchev–Trinajstić information content (AvgIpc) is 2.67. The van der Waals surface area contributed by atoms with Crippen molar-refractivity contribution in [2.45, 2.75) is 18.2 Å². The van der Waals surface area contributed by atoms with Gasteiger partial charge in [0.2, 0.25) is 0 Å². The van der Waals surface area contributed by atoms with Crippen LogP contribution in [0.15, 0.2) is 53.4 Å². The van der Waals surface area contributed by atoms with Crippen LogP contribution >= 0.6 is 0 Å². The average molecular weight is 391 g/mol. The summed E-state index contributed by atoms with van der Waals surface area (Å²) in [7, 11) is -1.89. The lowest BCUT2D eigenvalue weighted by Gasteiger charge is -2.10. The third kappa shape index (κ3) is 6.26. The molecule has 0 fully saturated rings. The zero-order valence-electron chi connectivity index (χ0n) is 15.5. The topological polar surface area (TPSA) is 96.5 Å². The maximum absolute atomic E-state index is 12.5. The van der Waals surface area contributed by atoms with E-state index in [-0.39, 0.29) is 10.8 Å². The predicted octanol–water partition coefficient (Wildman–Crippen LogP) is 2.23. The van der Waals surface area contributed by atoms with Gasteiger partial charge in [-0.2, -0.15) is 0 Å². The molecule has 1 amide bonds. The number of amides is 1. The molecule has 0 aliphatic heterocycles. The van der Waals surface area contributed by atoms with E-state index in [1.165, 1.54) is 24.3 Å². The smallest absolute Gasteiger partial charge is 0.261 e. The van der Waals surface area contributed by atoms with Gasteiger partial charge in [0.25, 0.3) is 15.9 Å². The summed E-state index contributed by atoms with van der Waals surface area (Å²) in [5, 5.41) is 5.79. The molecular weight excluding hydrogens is 366 g/mol. The standard InChI is InChI=1S/C19H25N3O4S/c1-3-26-17-9-7-16(8-10-17)22-27(24,25)18-11-5-15(6-12-18)19(23)21-14-4-13-20-2/h5-12,20,22H,3-4,13-14H2,1-2H3,(H,21,23). The minimum absolute atomic E-state index is 0.0862. The Hall–Kier alpha value is -2.58. The number of benzene rings is 2. The van der Waals surface area contributed by atoms with Crippen LogP contribution in [0.3, 0.4) is 0 Å². The molecule has 2 aromatic carbocycles. The van der Waals surface area contributed by atoms with Crippen LogP contribution in [-0.4, -0.2) is 41.1 Å². The molecule has 0 atom stereocenters. The second kappa shape index (κ2) is 9.94. The summed E-state index contributed by atoms with van der Waals surface area (Å²) in [6.07, 6.45) is 0.820. The molecule has 0 radical (unpaired) electrons. The zero-order chi connectivity index (χ0) is 19.7. The molecule has 0 saturated heterocycles. The highest BCUT2D eigenvalue weighted by Crippen LogP contribution is 2.20. The molecule has 0 aliphatic rings. The number of carbonyl (C=O) groups excluding carboxylic acids is 1. The molecule has 8 heteroatoms. The van der Waals surface area contributed by atoms with Crippen LogP contribution in [0, 0.1) is 0 Å². The molecule has 7 nitrogen and oxygen atoms in total. The lowest BCUT2D eigenvalue weighted by molar-refractivity contribution is 0.0953. The van der Waals surface area contributed by atoms with Crippen LogP contribution in [0.25, 0.3) is 0 Å². The highest BCUT2D eigenvalue weighted by Gasteiger charge is 2.15. The van der Waals surface area contributed by atoms with Crippen LogP contribution in [0.5, 0.6) is 5.75 Å². The van der Waals surface area contributed by atoms with Gasteiger partial charge in [-0.25, -0.2) is 8.42 Å². The fourth-order valence-corrected chi connectivity index (χ4v) is 3.41. The lowest BCUT2D eigenvalue weighted by atomic mass is 10.2. The number of anilines is 1. The number of hydrogen-bond donors (Lipinski definition) is 3. The Morgan fingerprint density at radius 2 is 1.67 bits per heavy atom. The van der Waals surface area contributed by atoms with E-state index >= 15 is 0 Å². The van der Waals surface area contributed by atoms with Gasteiger partial charge in [0.15, 0.2) is 0 Å². The first-order valence-electron chi connectivity index (χ1n) is 8.75. The summed E-state index contributed by atoms with van der Waals surface area (Å²) >= 11 is 0. The molecule has 2 rings (SSSR count). The summed E-state index contributed by atoms with van der Waals surface area (Å²) in [6, 6.07) is 12.5. The SMILES string of the molecule is CCOc1ccc(NS(=O)(=O)c2ccc(C(=O)NCCCNC)cc2)cc1. The molecule has 0 spiro atoms. The summed E-state index contributed by atoms with van der Waals surface area (Å²) in [5.41, 5.74) is 0.851. The molecule has 27 heavy (non-hydrogen) atoms. The van der Waals surface area contributed by atoms with Gasteiger partial charge < -0.3 is 15.4 Å². The van der Waals surface area contributed by atoms with E-state index in [1.54, 1.807) is 24.3 Å². The number of ether oxygens (including phenoxy) is 1. The Morgan fingerprint density at radius 3 is 2.26 bits per heavy atom. The first-order chi connectivity index (χ1) is 13.0. The third-order valence-electron chi connectivity index (χ3n) is 3.73. The third-order valence-corrected chi connectivity index (χ3v) is 5.13. The summed E-state index contributed by atoms with van der Waals surface area (Å²) in [4.78, 5) is 12.1. The fourth-order valence-electron chi connectivity index (χ4n) is 2.35. The van der Waals surface area contributed by atoms with Gasteiger partial charge in [-0.15, -0.1) is 0 Å². The highest BCUT2D eigenvalue weighted by atomic mass is 32.2. The van der Waals surface area contributed by atoms with E-state index in [0.717, 1.165) is 13.0 Å². The van der Waals surface area contributed by atoms with Gasteiger partial charge in [-0.3, -0.25) is 9.52 Å². The van der Waals surface area contributed by atoms with Crippen LogP contribution in [0.4, 0.5) is 5.69 Å². The van der Waals surface area contributed by atoms with E-state index in [4.69, 9.17) is 4.74 Å². The molecule has 0 unspecified atom stereocenters. The van der Waals surface area contributed by atoms with Gasteiger partial charge in [0, 0.05) is 17.8 Å². The van der Waals surface area contributed by atoms with Crippen molar-refractivity contribution in [2.24, 2.45) is 0 Å². The van der Waals surface area contributed by atoms with Crippen molar-refractivity contribution >= 4 is 21.6 Å². The Bertz CT molecular complexity index is 834. The van der Waals surface area contributed by atoms with Gasteiger partial charge in [0.05, 0.1) is 11.5 Å². The zero-order valence-corrected chi connectivity index (χ0v) is 16.3. The Morgan fingerprint density at radius 1 is 1.00 bits per heavy atom. The second-order valence-corrected chi connectivity index (χ2v) is 7.48. The first-order valence-corrected chi connectivity index (χ1v) is 10.2. The maximum atomic E-state index is 12.5. The van der Waals surface area contributed by atoms with Crippen LogP contribution < -0.4 is 20.1 Å². The molecule has 0 bridgehead atoms. The van der Waals surface area contributed by atoms with Crippen molar-refractivity contribution in [3.8, 4) is 5.75 Å². The van der Waals surface area contributed by atoms with Crippen molar-refractivity contribution in [1.29, 1.82) is 0 Å². The number of nitrogens with one attached hydrogen (secondary N) is 3. The van der Waals surface area contributed by atoms with Crippen molar-refractivity contribution in [3.05, 3.63) is 54.1 Å². The molecular formula is C19H25N3O4S. The van der Waals surface area contributed by atoms with Crippen molar-refractivity contribution in [1.82, 2.24) is 10.6 Å². The van der Waals surface area contributed by atoms with E-state index in [9.17, 15) is 13.2 Å². The number of rotatable bonds is 10. The van der Waals surface area contributed by atoms with E-state index in [0.29, 0.717) is 30.2 Å². The highest BCUT2D eigenvalue weighted by molar-refractivity contribution is 7.92. The Labute approximate surface area is 160 Å². The summed E-state index contributed by atoms with van der Waals surface area (Å²) in [5.74, 6) is 0.444. The normalized spacial score (nSPS) is 11.0. The molecule has 0 saturated carbocycles. The van der Waals surface area contributed by atoms with E-state index in [2.05, 4.69) is 15.4 Å². The number of sulfonamides is 1. The van der Waals surface area contributed by atoms with Gasteiger partial charge in [-0.1, -0.05) is 0 Å². The Kier molecular flexibility index (Phi) is 7.63. The van der Waals surface area contributed by atoms with E-state index in [1.807, 2.05) is 14.0 Å².